The maximum absolute atomic E-state index is 15.0. The Morgan fingerprint density at radius 3 is 1.58 bits per heavy atom. The number of allylic oxidation sites excluding steroid dienone is 1. The van der Waals surface area contributed by atoms with Gasteiger partial charge >= 0.3 is 47.8 Å². The number of hydrogen-bond donors (Lipinski definition) is 1. The summed E-state index contributed by atoms with van der Waals surface area (Å²) in [6, 6.07) is 16.0. The van der Waals surface area contributed by atoms with Crippen LogP contribution in [0.15, 0.2) is 72.3 Å². The number of hydrogen-bond acceptors (Lipinski definition) is 24. The van der Waals surface area contributed by atoms with Gasteiger partial charge in [0, 0.05) is 48.1 Å². The van der Waals surface area contributed by atoms with Crippen molar-refractivity contribution < 1.29 is 115 Å². The minimum Gasteiger partial charge on any atom is -0.459 e. The lowest BCUT2D eigenvalue weighted by molar-refractivity contribution is -0.388. The molecule has 24 heteroatoms. The van der Waals surface area contributed by atoms with Crippen LogP contribution in [0.1, 0.15) is 162 Å². The molecule has 4 aliphatic carbocycles. The van der Waals surface area contributed by atoms with Gasteiger partial charge < -0.3 is 76.2 Å². The Balaban J connectivity index is 1.05. The number of ether oxygens (including phenoxy) is 15. The summed E-state index contributed by atoms with van der Waals surface area (Å²) in [5.41, 5.74) is 1.35. The molecule has 4 aliphatic heterocycles. The van der Waals surface area contributed by atoms with Gasteiger partial charge in [0.05, 0.1) is 41.6 Å². The molecule has 95 heavy (non-hydrogen) atoms. The van der Waals surface area contributed by atoms with Gasteiger partial charge in [0.15, 0.2) is 67.7 Å². The standard InChI is InChI=1S/C71H94O24/c1-35(33-72)23-26-52-36(2)55-53(91-52)32-51-49-25-24-47-31-48(27-29-70(47,11)50(49)28-30-71(51,55)12)90-69-64(95-68-63(89-44(10)78)60(87-42(8)76)57(38(4)83-68)85-40(6)74)61(93-66(80)46-21-17-14-18-22-46)58(54(92-69)34-81-65(79)45-19-15-13-16-20-45)94-67-62(88-43(9)77)59(86-41(7)75)56(37(3)82-67)84-39(5)73/h13-22,24,35-38,48-64,67-69,72H,23,25-34H2,1-12H3/t35-,36-,37+,38+,48+,49-,50+,51+,52?,53+,54-,55+,56+,57+,58-,59-,60-,61+,62-,63-,64-,67+,68+,69-,70+,71+/m1/s1. The molecule has 10 rings (SSSR count). The van der Waals surface area contributed by atoms with Crippen molar-refractivity contribution in [1.82, 2.24) is 0 Å². The first-order chi connectivity index (χ1) is 45.2. The van der Waals surface area contributed by atoms with Gasteiger partial charge in [0.2, 0.25) is 0 Å². The van der Waals surface area contributed by atoms with Crippen LogP contribution in [0.4, 0.5) is 0 Å². The minimum atomic E-state index is -1.82. The fourth-order valence-corrected chi connectivity index (χ4v) is 17.1. The Kier molecular flexibility index (Phi) is 22.7. The van der Waals surface area contributed by atoms with Crippen molar-refractivity contribution in [2.75, 3.05) is 13.2 Å². The van der Waals surface area contributed by atoms with Gasteiger partial charge in [0.1, 0.15) is 18.8 Å². The molecule has 0 bridgehead atoms. The molecular weight excluding hydrogens is 1240 g/mol. The Hall–Kier alpha value is -6.38. The SMILES string of the molecule is CC(=O)O[C@@H]1[C@@H](OC(C)=O)[C@H](C)O[C@@H](O[C@H]2[C@H](O[C@H]3CC[C@@]4(C)C(=CC[C@H]5[C@@H]6C[C@@H]7OC(CC[C@@H](C)CO)[C@@H](C)[C@@H]7[C@@]6(C)CC[C@@H]54)C3)O[C@H](COC(=O)c3ccccc3)[C@@H](O[C@@H]3O[C@@H](C)[C@H](OC(C)=O)[C@@H](OC(C)=O)[C@H]3OC(C)=O)[C@@H]2OC(=O)c2ccccc2)[C@@H]1OC(C)=O. The third-order valence-electron chi connectivity index (χ3n) is 21.3. The van der Waals surface area contributed by atoms with E-state index in [1.807, 2.05) is 0 Å². The van der Waals surface area contributed by atoms with Crippen LogP contribution in [-0.4, -0.2) is 177 Å². The number of carbonyl (C=O) groups is 8. The van der Waals surface area contributed by atoms with Crippen LogP contribution < -0.4 is 0 Å². The summed E-state index contributed by atoms with van der Waals surface area (Å²) < 4.78 is 95.7. The zero-order valence-corrected chi connectivity index (χ0v) is 56.3. The van der Waals surface area contributed by atoms with Crippen LogP contribution in [-0.2, 0) is 99.8 Å². The summed E-state index contributed by atoms with van der Waals surface area (Å²) in [5, 5.41) is 9.80. The predicted octanol–water partition coefficient (Wildman–Crippen LogP) is 8.03. The van der Waals surface area contributed by atoms with E-state index in [9.17, 15) is 38.7 Å². The first-order valence-corrected chi connectivity index (χ1v) is 33.6. The molecule has 0 amide bonds. The summed E-state index contributed by atoms with van der Waals surface area (Å²) in [4.78, 5) is 107. The highest BCUT2D eigenvalue weighted by molar-refractivity contribution is 5.90. The van der Waals surface area contributed by atoms with Crippen LogP contribution in [0, 0.1) is 46.3 Å². The lowest BCUT2D eigenvalue weighted by Gasteiger charge is -2.58. The molecule has 522 valence electrons. The smallest absolute Gasteiger partial charge is 0.338 e. The fraction of sp³-hybridized carbons (Fsp3) is 0.690. The largest absolute Gasteiger partial charge is 0.459 e. The van der Waals surface area contributed by atoms with Crippen molar-refractivity contribution in [2.45, 2.75) is 251 Å². The summed E-state index contributed by atoms with van der Waals surface area (Å²) in [6.07, 6.45) is -14.1. The van der Waals surface area contributed by atoms with Gasteiger partial charge in [-0.2, -0.15) is 0 Å². The third kappa shape index (κ3) is 15.6. The van der Waals surface area contributed by atoms with E-state index in [0.717, 1.165) is 86.5 Å². The first-order valence-electron chi connectivity index (χ1n) is 33.6. The maximum atomic E-state index is 15.0. The van der Waals surface area contributed by atoms with Gasteiger partial charge in [-0.15, -0.1) is 0 Å². The number of carbonyl (C=O) groups excluding carboxylic acids is 8. The van der Waals surface area contributed by atoms with Crippen molar-refractivity contribution >= 4 is 47.8 Å². The number of aliphatic hydroxyl groups is 1. The first kappa shape index (κ1) is 71.4. The summed E-state index contributed by atoms with van der Waals surface area (Å²) in [6.45, 7) is 18.5. The van der Waals surface area contributed by atoms with Crippen LogP contribution in [0.5, 0.6) is 0 Å². The molecule has 2 aromatic carbocycles. The predicted molar refractivity (Wildman–Crippen MR) is 332 cm³/mol. The van der Waals surface area contributed by atoms with Crippen molar-refractivity contribution in [3.63, 3.8) is 0 Å². The molecule has 0 radical (unpaired) electrons. The van der Waals surface area contributed by atoms with Gasteiger partial charge in [-0.05, 0) is 142 Å². The van der Waals surface area contributed by atoms with Gasteiger partial charge in [-0.3, -0.25) is 28.8 Å². The average molecular weight is 1330 g/mol. The minimum absolute atomic E-state index is 0.0491. The van der Waals surface area contributed by atoms with E-state index in [2.05, 4.69) is 33.8 Å². The second kappa shape index (κ2) is 30.2. The number of esters is 8. The normalized spacial score (nSPS) is 39.0. The van der Waals surface area contributed by atoms with Crippen LogP contribution >= 0.6 is 0 Å². The highest BCUT2D eigenvalue weighted by atomic mass is 16.8. The lowest BCUT2D eigenvalue weighted by Crippen LogP contribution is -2.68. The van der Waals surface area contributed by atoms with Crippen LogP contribution in [0.25, 0.3) is 0 Å². The second-order valence-electron chi connectivity index (χ2n) is 27.8. The highest BCUT2D eigenvalue weighted by Crippen LogP contribution is 2.69. The molecular formula is C71H94O24. The summed E-state index contributed by atoms with van der Waals surface area (Å²) >= 11 is 0. The van der Waals surface area contributed by atoms with E-state index in [1.165, 1.54) is 31.6 Å². The van der Waals surface area contributed by atoms with Gasteiger partial charge in [0.25, 0.3) is 0 Å². The second-order valence-corrected chi connectivity index (χ2v) is 27.8. The van der Waals surface area contributed by atoms with Crippen LogP contribution in [0.3, 0.4) is 0 Å². The van der Waals surface area contributed by atoms with Crippen molar-refractivity contribution in [3.05, 3.63) is 83.4 Å². The van der Waals surface area contributed by atoms with E-state index in [0.29, 0.717) is 42.4 Å². The lowest BCUT2D eigenvalue weighted by atomic mass is 9.47. The molecule has 2 aromatic rings. The zero-order chi connectivity index (χ0) is 68.4. The van der Waals surface area contributed by atoms with E-state index in [1.54, 1.807) is 48.5 Å². The molecule has 0 aromatic heterocycles. The van der Waals surface area contributed by atoms with Crippen LogP contribution in [0.2, 0.25) is 0 Å². The quantitative estimate of drug-likeness (QED) is 0.0702. The topological polar surface area (TPSA) is 295 Å². The van der Waals surface area contributed by atoms with Crippen molar-refractivity contribution in [2.24, 2.45) is 46.3 Å². The Bertz CT molecular complexity index is 3100. The van der Waals surface area contributed by atoms with E-state index < -0.39 is 153 Å². The number of aliphatic hydroxyl groups excluding tert-OH is 1. The zero-order valence-electron chi connectivity index (χ0n) is 56.3. The van der Waals surface area contributed by atoms with Crippen molar-refractivity contribution in [1.29, 1.82) is 0 Å². The molecule has 26 atom stereocenters. The third-order valence-corrected chi connectivity index (χ3v) is 21.3. The summed E-state index contributed by atoms with van der Waals surface area (Å²) in [5.74, 6) is -4.46. The monoisotopic (exact) mass is 1330 g/mol. The highest BCUT2D eigenvalue weighted by Gasteiger charge is 2.66. The molecule has 4 heterocycles. The molecule has 1 N–H and O–H groups in total. The maximum Gasteiger partial charge on any atom is 0.338 e. The Labute approximate surface area is 554 Å². The molecule has 24 nitrogen and oxygen atoms in total. The van der Waals surface area contributed by atoms with E-state index in [-0.39, 0.29) is 46.7 Å². The van der Waals surface area contributed by atoms with E-state index in [4.69, 9.17) is 71.1 Å². The Morgan fingerprint density at radius 2 is 1.04 bits per heavy atom. The average Bonchev–Trinajstić information content (AvgIpc) is 1.58. The van der Waals surface area contributed by atoms with Crippen molar-refractivity contribution in [3.8, 4) is 0 Å². The number of benzene rings is 2. The molecule has 7 fully saturated rings. The van der Waals surface area contributed by atoms with Gasteiger partial charge in [-0.1, -0.05) is 75.7 Å². The fourth-order valence-electron chi connectivity index (χ4n) is 17.1. The molecule has 3 saturated carbocycles. The molecule has 0 spiro atoms. The van der Waals surface area contributed by atoms with Gasteiger partial charge in [-0.25, -0.2) is 9.59 Å². The number of rotatable bonds is 21. The molecule has 4 saturated heterocycles. The molecule has 8 aliphatic rings. The Morgan fingerprint density at radius 1 is 0.547 bits per heavy atom. The van der Waals surface area contributed by atoms with E-state index >= 15 is 4.79 Å². The summed E-state index contributed by atoms with van der Waals surface area (Å²) in [7, 11) is 0. The molecule has 1 unspecified atom stereocenters. The number of fused-ring (bicyclic) bond motifs is 7.